The van der Waals surface area contributed by atoms with Crippen LogP contribution in [0.1, 0.15) is 53.4 Å². The number of hydrogen-bond acceptors (Lipinski definition) is 3. The van der Waals surface area contributed by atoms with Crippen molar-refractivity contribution in [2.75, 3.05) is 13.8 Å². The van der Waals surface area contributed by atoms with Crippen LogP contribution in [0.15, 0.2) is 0 Å². The largest absolute Gasteiger partial charge is 0.353 e. The molecule has 0 fully saturated rings. The van der Waals surface area contributed by atoms with E-state index >= 15 is 0 Å². The molecule has 3 nitrogen and oxygen atoms in total. The fraction of sp³-hybridized carbons (Fsp3) is 1.00. The van der Waals surface area contributed by atoms with Crippen LogP contribution in [-0.2, 0) is 9.47 Å². The standard InChI is InChI=1S/C9H21NO2.C2H6/c1-4-6-9(11-3,7-5-2)12-8-10;1-2/h4-8,10H2,1-3H3;1-2H3. The monoisotopic (exact) mass is 205 g/mol. The summed E-state index contributed by atoms with van der Waals surface area (Å²) in [6, 6.07) is 0. The summed E-state index contributed by atoms with van der Waals surface area (Å²) >= 11 is 0. The Labute approximate surface area is 89.0 Å². The first-order chi connectivity index (χ1) is 6.74. The molecule has 0 saturated carbocycles. The average molecular weight is 205 g/mol. The van der Waals surface area contributed by atoms with Crippen LogP contribution >= 0.6 is 0 Å². The van der Waals surface area contributed by atoms with Gasteiger partial charge in [-0.15, -0.1) is 0 Å². The highest BCUT2D eigenvalue weighted by atomic mass is 16.7. The molecule has 88 valence electrons. The van der Waals surface area contributed by atoms with Crippen LogP contribution in [0.2, 0.25) is 0 Å². The first-order valence-corrected chi connectivity index (χ1v) is 5.63. The van der Waals surface area contributed by atoms with Gasteiger partial charge in [-0.1, -0.05) is 40.5 Å². The van der Waals surface area contributed by atoms with Crippen molar-refractivity contribution in [1.29, 1.82) is 0 Å². The van der Waals surface area contributed by atoms with Gasteiger partial charge in [0.2, 0.25) is 0 Å². The fourth-order valence-corrected chi connectivity index (χ4v) is 1.45. The van der Waals surface area contributed by atoms with Crippen molar-refractivity contribution in [2.24, 2.45) is 5.73 Å². The van der Waals surface area contributed by atoms with E-state index in [-0.39, 0.29) is 6.73 Å². The Morgan fingerprint density at radius 1 is 1.07 bits per heavy atom. The van der Waals surface area contributed by atoms with Gasteiger partial charge >= 0.3 is 0 Å². The van der Waals surface area contributed by atoms with E-state index in [2.05, 4.69) is 13.8 Å². The molecule has 2 N–H and O–H groups in total. The summed E-state index contributed by atoms with van der Waals surface area (Å²) < 4.78 is 10.8. The molecule has 0 aliphatic carbocycles. The molecule has 3 heteroatoms. The maximum Gasteiger partial charge on any atom is 0.169 e. The Kier molecular flexibility index (Phi) is 12.8. The Morgan fingerprint density at radius 2 is 1.50 bits per heavy atom. The molecular weight excluding hydrogens is 178 g/mol. The molecule has 0 aromatic heterocycles. The average Bonchev–Trinajstić information content (AvgIpc) is 2.22. The van der Waals surface area contributed by atoms with Gasteiger partial charge in [-0.2, -0.15) is 0 Å². The first-order valence-electron chi connectivity index (χ1n) is 5.63. The number of ether oxygens (including phenoxy) is 2. The van der Waals surface area contributed by atoms with Gasteiger partial charge in [-0.25, -0.2) is 0 Å². The normalized spacial score (nSPS) is 10.7. The van der Waals surface area contributed by atoms with Crippen molar-refractivity contribution in [1.82, 2.24) is 0 Å². The molecule has 0 radical (unpaired) electrons. The van der Waals surface area contributed by atoms with Crippen LogP contribution in [0.3, 0.4) is 0 Å². The zero-order valence-electron chi connectivity index (χ0n) is 10.4. The summed E-state index contributed by atoms with van der Waals surface area (Å²) in [6.45, 7) is 8.46. The molecule has 0 atom stereocenters. The van der Waals surface area contributed by atoms with E-state index in [9.17, 15) is 0 Å². The van der Waals surface area contributed by atoms with Gasteiger partial charge in [0.15, 0.2) is 5.79 Å². The molecule has 0 unspecified atom stereocenters. The number of rotatable bonds is 7. The predicted molar refractivity (Wildman–Crippen MR) is 61.0 cm³/mol. The first kappa shape index (κ1) is 16.3. The molecule has 0 heterocycles. The minimum Gasteiger partial charge on any atom is -0.353 e. The van der Waals surface area contributed by atoms with E-state index < -0.39 is 5.79 Å². The van der Waals surface area contributed by atoms with E-state index in [1.807, 2.05) is 13.8 Å². The van der Waals surface area contributed by atoms with Crippen molar-refractivity contribution in [3.05, 3.63) is 0 Å². The van der Waals surface area contributed by atoms with Crippen LogP contribution in [-0.4, -0.2) is 19.6 Å². The van der Waals surface area contributed by atoms with Crippen LogP contribution in [0.4, 0.5) is 0 Å². The lowest BCUT2D eigenvalue weighted by Gasteiger charge is -2.31. The summed E-state index contributed by atoms with van der Waals surface area (Å²) in [5, 5.41) is 0. The predicted octanol–water partition coefficient (Wildman–Crippen LogP) is 2.89. The molecule has 0 aliphatic heterocycles. The minimum atomic E-state index is -0.432. The fourth-order valence-electron chi connectivity index (χ4n) is 1.45. The highest BCUT2D eigenvalue weighted by Crippen LogP contribution is 2.24. The molecule has 14 heavy (non-hydrogen) atoms. The highest BCUT2D eigenvalue weighted by molar-refractivity contribution is 4.67. The quantitative estimate of drug-likeness (QED) is 0.650. The Bertz CT molecular complexity index is 90.4. The Morgan fingerprint density at radius 3 is 1.71 bits per heavy atom. The second-order valence-electron chi connectivity index (χ2n) is 2.93. The lowest BCUT2D eigenvalue weighted by Crippen LogP contribution is -2.36. The number of hydrogen-bond donors (Lipinski definition) is 1. The van der Waals surface area contributed by atoms with Crippen LogP contribution in [0.25, 0.3) is 0 Å². The molecule has 0 aromatic rings. The van der Waals surface area contributed by atoms with Crippen LogP contribution in [0.5, 0.6) is 0 Å². The van der Waals surface area contributed by atoms with E-state index in [1.54, 1.807) is 7.11 Å². The van der Waals surface area contributed by atoms with Gasteiger partial charge in [-0.3, -0.25) is 0 Å². The van der Waals surface area contributed by atoms with Crippen molar-refractivity contribution in [3.63, 3.8) is 0 Å². The van der Waals surface area contributed by atoms with Gasteiger partial charge in [-0.05, 0) is 0 Å². The highest BCUT2D eigenvalue weighted by Gasteiger charge is 2.27. The number of nitrogens with two attached hydrogens (primary N) is 1. The SMILES string of the molecule is CC.CCCC(CCC)(OC)OCN. The number of methoxy groups -OCH3 is 1. The zero-order chi connectivity index (χ0) is 11.4. The zero-order valence-corrected chi connectivity index (χ0v) is 10.4. The summed E-state index contributed by atoms with van der Waals surface area (Å²) in [5.41, 5.74) is 5.35. The molecule has 0 rings (SSSR count). The maximum atomic E-state index is 5.42. The van der Waals surface area contributed by atoms with Crippen LogP contribution in [0, 0.1) is 0 Å². The third kappa shape index (κ3) is 6.35. The molecular formula is C11H27NO2. The Balaban J connectivity index is 0. The van der Waals surface area contributed by atoms with Crippen molar-refractivity contribution in [3.8, 4) is 0 Å². The molecule has 0 bridgehead atoms. The van der Waals surface area contributed by atoms with Crippen molar-refractivity contribution >= 4 is 0 Å². The summed E-state index contributed by atoms with van der Waals surface area (Å²) in [5.74, 6) is -0.432. The van der Waals surface area contributed by atoms with Gasteiger partial charge in [0, 0.05) is 20.0 Å². The summed E-state index contributed by atoms with van der Waals surface area (Å²) in [6.07, 6.45) is 3.92. The third-order valence-electron chi connectivity index (χ3n) is 1.98. The third-order valence-corrected chi connectivity index (χ3v) is 1.98. The maximum absolute atomic E-state index is 5.42. The molecule has 0 amide bonds. The van der Waals surface area contributed by atoms with Gasteiger partial charge < -0.3 is 15.2 Å². The van der Waals surface area contributed by atoms with E-state index in [0.29, 0.717) is 0 Å². The summed E-state index contributed by atoms with van der Waals surface area (Å²) in [4.78, 5) is 0. The molecule has 0 saturated heterocycles. The Hall–Kier alpha value is -0.120. The lowest BCUT2D eigenvalue weighted by atomic mass is 10.1. The van der Waals surface area contributed by atoms with E-state index in [1.165, 1.54) is 0 Å². The molecule has 0 aliphatic rings. The molecule has 0 aromatic carbocycles. The second-order valence-corrected chi connectivity index (χ2v) is 2.93. The van der Waals surface area contributed by atoms with Crippen molar-refractivity contribution < 1.29 is 9.47 Å². The second kappa shape index (κ2) is 11.0. The van der Waals surface area contributed by atoms with Gasteiger partial charge in [0.05, 0.1) is 6.73 Å². The van der Waals surface area contributed by atoms with E-state index in [0.717, 1.165) is 25.7 Å². The smallest absolute Gasteiger partial charge is 0.169 e. The van der Waals surface area contributed by atoms with Gasteiger partial charge in [0.1, 0.15) is 0 Å². The summed E-state index contributed by atoms with van der Waals surface area (Å²) in [7, 11) is 1.68. The minimum absolute atomic E-state index is 0.230. The lowest BCUT2D eigenvalue weighted by molar-refractivity contribution is -0.229. The van der Waals surface area contributed by atoms with Gasteiger partial charge in [0.25, 0.3) is 0 Å². The van der Waals surface area contributed by atoms with Crippen LogP contribution < -0.4 is 5.73 Å². The van der Waals surface area contributed by atoms with Crippen molar-refractivity contribution in [2.45, 2.75) is 59.2 Å². The molecule has 0 spiro atoms. The topological polar surface area (TPSA) is 44.5 Å². The van der Waals surface area contributed by atoms with E-state index in [4.69, 9.17) is 15.2 Å².